The lowest BCUT2D eigenvalue weighted by atomic mass is 9.75. The van der Waals surface area contributed by atoms with E-state index in [1.807, 2.05) is 7.05 Å². The Morgan fingerprint density at radius 1 is 1.59 bits per heavy atom. The number of benzene rings is 1. The Labute approximate surface area is 109 Å². The third kappa shape index (κ3) is 2.25. The summed E-state index contributed by atoms with van der Waals surface area (Å²) in [5.41, 5.74) is 6.25. The minimum atomic E-state index is -0.215. The third-order valence-electron chi connectivity index (χ3n) is 3.36. The lowest BCUT2D eigenvalue weighted by Crippen LogP contribution is -2.55. The van der Waals surface area contributed by atoms with Crippen molar-refractivity contribution in [3.05, 3.63) is 34.1 Å². The fourth-order valence-corrected chi connectivity index (χ4v) is 2.67. The lowest BCUT2D eigenvalue weighted by molar-refractivity contribution is -0.127. The van der Waals surface area contributed by atoms with Gasteiger partial charge in [0, 0.05) is 28.0 Å². The van der Waals surface area contributed by atoms with Gasteiger partial charge in [0.15, 0.2) is 0 Å². The molecule has 17 heavy (non-hydrogen) atoms. The number of ether oxygens (including phenoxy) is 1. The van der Waals surface area contributed by atoms with E-state index < -0.39 is 0 Å². The molecule has 1 heterocycles. The first-order chi connectivity index (χ1) is 8.13. The molecule has 0 spiro atoms. The summed E-state index contributed by atoms with van der Waals surface area (Å²) in [7, 11) is 1.82. The van der Waals surface area contributed by atoms with Crippen molar-refractivity contribution in [2.24, 2.45) is 11.1 Å². The quantitative estimate of drug-likeness (QED) is 0.892. The van der Waals surface area contributed by atoms with Crippen LogP contribution in [0.4, 0.5) is 4.39 Å². The normalized spacial score (nSPS) is 19.8. The van der Waals surface area contributed by atoms with Crippen molar-refractivity contribution in [2.75, 3.05) is 26.8 Å². The molecule has 0 aliphatic carbocycles. The minimum absolute atomic E-state index is 0.126. The fourth-order valence-electron chi connectivity index (χ4n) is 2.29. The van der Waals surface area contributed by atoms with Gasteiger partial charge in [-0.1, -0.05) is 15.9 Å². The van der Waals surface area contributed by atoms with Gasteiger partial charge in [-0.3, -0.25) is 0 Å². The van der Waals surface area contributed by atoms with Crippen molar-refractivity contribution in [3.8, 4) is 0 Å². The smallest absolute Gasteiger partial charge is 0.128 e. The van der Waals surface area contributed by atoms with Gasteiger partial charge in [-0.05, 0) is 25.2 Å². The monoisotopic (exact) mass is 302 g/mol. The summed E-state index contributed by atoms with van der Waals surface area (Å²) in [5.74, 6) is -0.215. The van der Waals surface area contributed by atoms with Crippen LogP contribution in [0.25, 0.3) is 0 Å². The van der Waals surface area contributed by atoms with Crippen LogP contribution < -0.4 is 11.1 Å². The van der Waals surface area contributed by atoms with Crippen LogP contribution in [0.15, 0.2) is 22.7 Å². The fraction of sp³-hybridized carbons (Fsp3) is 0.500. The molecule has 0 radical (unpaired) electrons. The predicted octanol–water partition coefficient (Wildman–Crippen LogP) is 1.82. The Morgan fingerprint density at radius 2 is 2.29 bits per heavy atom. The van der Waals surface area contributed by atoms with Crippen molar-refractivity contribution in [1.29, 1.82) is 0 Å². The second-order valence-corrected chi connectivity index (χ2v) is 5.36. The molecule has 1 aliphatic rings. The largest absolute Gasteiger partial charge is 0.380 e. The van der Waals surface area contributed by atoms with Crippen LogP contribution in [-0.2, 0) is 4.74 Å². The van der Waals surface area contributed by atoms with E-state index in [2.05, 4.69) is 21.2 Å². The summed E-state index contributed by atoms with van der Waals surface area (Å²) < 4.78 is 20.0. The maximum atomic E-state index is 13.9. The standard InChI is InChI=1S/C12H16BrFN2O/c1-16-11(12(5-15)6-17-7-12)9-4-8(13)2-3-10(9)14/h2-4,11,16H,5-7,15H2,1H3. The second-order valence-electron chi connectivity index (χ2n) is 4.45. The second kappa shape index (κ2) is 5.02. The molecule has 0 aromatic heterocycles. The van der Waals surface area contributed by atoms with E-state index in [4.69, 9.17) is 10.5 Å². The predicted molar refractivity (Wildman–Crippen MR) is 68.2 cm³/mol. The van der Waals surface area contributed by atoms with Gasteiger partial charge in [-0.2, -0.15) is 0 Å². The topological polar surface area (TPSA) is 47.3 Å². The van der Waals surface area contributed by atoms with Gasteiger partial charge in [0.05, 0.1) is 13.2 Å². The highest BCUT2D eigenvalue weighted by Crippen LogP contribution is 2.40. The minimum Gasteiger partial charge on any atom is -0.380 e. The molecule has 1 aromatic rings. The van der Waals surface area contributed by atoms with Gasteiger partial charge in [0.2, 0.25) is 0 Å². The Bertz CT molecular complexity index is 404. The number of rotatable bonds is 4. The summed E-state index contributed by atoms with van der Waals surface area (Å²) in [6.07, 6.45) is 0. The van der Waals surface area contributed by atoms with Gasteiger partial charge in [0.25, 0.3) is 0 Å². The average Bonchev–Trinajstić information content (AvgIpc) is 2.27. The van der Waals surface area contributed by atoms with E-state index in [9.17, 15) is 4.39 Å². The first-order valence-corrected chi connectivity index (χ1v) is 6.32. The van der Waals surface area contributed by atoms with Crippen molar-refractivity contribution in [3.63, 3.8) is 0 Å². The van der Waals surface area contributed by atoms with E-state index >= 15 is 0 Å². The highest BCUT2D eigenvalue weighted by Gasteiger charge is 2.45. The average molecular weight is 303 g/mol. The molecule has 0 amide bonds. The van der Waals surface area contributed by atoms with Gasteiger partial charge in [0.1, 0.15) is 5.82 Å². The molecule has 1 fully saturated rings. The molecule has 3 N–H and O–H groups in total. The maximum absolute atomic E-state index is 13.9. The number of hydrogen-bond donors (Lipinski definition) is 2. The Kier molecular flexibility index (Phi) is 3.82. The van der Waals surface area contributed by atoms with Gasteiger partial charge >= 0.3 is 0 Å². The molecule has 1 atom stereocenters. The van der Waals surface area contributed by atoms with Gasteiger partial charge in [-0.15, -0.1) is 0 Å². The molecule has 5 heteroatoms. The molecule has 1 unspecified atom stereocenters. The molecular formula is C12H16BrFN2O. The van der Waals surface area contributed by atoms with Crippen LogP contribution in [0, 0.1) is 11.2 Å². The summed E-state index contributed by atoms with van der Waals surface area (Å²) >= 11 is 3.37. The van der Waals surface area contributed by atoms with E-state index in [0.29, 0.717) is 25.3 Å². The highest BCUT2D eigenvalue weighted by atomic mass is 79.9. The molecule has 1 aliphatic heterocycles. The first kappa shape index (κ1) is 13.0. The molecular weight excluding hydrogens is 287 g/mol. The van der Waals surface area contributed by atoms with Crippen LogP contribution in [0.1, 0.15) is 11.6 Å². The third-order valence-corrected chi connectivity index (χ3v) is 3.85. The van der Waals surface area contributed by atoms with Gasteiger partial charge < -0.3 is 15.8 Å². The van der Waals surface area contributed by atoms with Crippen LogP contribution in [0.3, 0.4) is 0 Å². The Balaban J connectivity index is 2.37. The summed E-state index contributed by atoms with van der Waals surface area (Å²) in [6, 6.07) is 4.83. The lowest BCUT2D eigenvalue weighted by Gasteiger charge is -2.46. The van der Waals surface area contributed by atoms with Crippen molar-refractivity contribution >= 4 is 15.9 Å². The number of nitrogens with one attached hydrogen (secondary N) is 1. The Hall–Kier alpha value is -0.490. The molecule has 1 saturated heterocycles. The van der Waals surface area contributed by atoms with Crippen molar-refractivity contribution in [1.82, 2.24) is 5.32 Å². The highest BCUT2D eigenvalue weighted by molar-refractivity contribution is 9.10. The number of hydrogen-bond acceptors (Lipinski definition) is 3. The van der Waals surface area contributed by atoms with Crippen LogP contribution in [-0.4, -0.2) is 26.8 Å². The zero-order valence-corrected chi connectivity index (χ0v) is 11.3. The van der Waals surface area contributed by atoms with Crippen molar-refractivity contribution < 1.29 is 9.13 Å². The Morgan fingerprint density at radius 3 is 2.76 bits per heavy atom. The van der Waals surface area contributed by atoms with Gasteiger partial charge in [-0.25, -0.2) is 4.39 Å². The summed E-state index contributed by atoms with van der Waals surface area (Å²) in [5, 5.41) is 3.16. The van der Waals surface area contributed by atoms with Crippen LogP contribution in [0.5, 0.6) is 0 Å². The van der Waals surface area contributed by atoms with Crippen LogP contribution in [0.2, 0.25) is 0 Å². The molecule has 3 nitrogen and oxygen atoms in total. The maximum Gasteiger partial charge on any atom is 0.128 e. The van der Waals surface area contributed by atoms with E-state index in [-0.39, 0.29) is 17.3 Å². The van der Waals surface area contributed by atoms with Crippen LogP contribution >= 0.6 is 15.9 Å². The molecule has 0 saturated carbocycles. The SMILES string of the molecule is CNC(c1cc(Br)ccc1F)C1(CN)COC1. The molecule has 1 aromatic carbocycles. The molecule has 94 valence electrons. The first-order valence-electron chi connectivity index (χ1n) is 5.53. The zero-order valence-electron chi connectivity index (χ0n) is 9.67. The van der Waals surface area contributed by atoms with E-state index in [1.165, 1.54) is 6.07 Å². The summed E-state index contributed by atoms with van der Waals surface area (Å²) in [6.45, 7) is 1.62. The molecule has 0 bridgehead atoms. The van der Waals surface area contributed by atoms with E-state index in [0.717, 1.165) is 4.47 Å². The van der Waals surface area contributed by atoms with Crippen molar-refractivity contribution in [2.45, 2.75) is 6.04 Å². The number of halogens is 2. The summed E-state index contributed by atoms with van der Waals surface area (Å²) in [4.78, 5) is 0. The van der Waals surface area contributed by atoms with E-state index in [1.54, 1.807) is 12.1 Å². The zero-order chi connectivity index (χ0) is 12.5. The molecule has 2 rings (SSSR count). The number of nitrogens with two attached hydrogens (primary N) is 1.